The van der Waals surface area contributed by atoms with Crippen molar-refractivity contribution in [3.8, 4) is 0 Å². The van der Waals surface area contributed by atoms with Crippen molar-refractivity contribution in [2.24, 2.45) is 11.8 Å². The Morgan fingerprint density at radius 2 is 1.00 bits per heavy atom. The molecule has 2 fully saturated rings. The van der Waals surface area contributed by atoms with E-state index in [4.69, 9.17) is 0 Å². The molecule has 0 bridgehead atoms. The lowest BCUT2D eigenvalue weighted by Crippen LogP contribution is -2.75. The van der Waals surface area contributed by atoms with Gasteiger partial charge in [-0.25, -0.2) is 0 Å². The summed E-state index contributed by atoms with van der Waals surface area (Å²) < 4.78 is 0. The monoisotopic (exact) mass is 262 g/mol. The van der Waals surface area contributed by atoms with Crippen LogP contribution < -0.4 is 0 Å². The van der Waals surface area contributed by atoms with Crippen LogP contribution in [0.5, 0.6) is 0 Å². The molecule has 0 unspecified atom stereocenters. The summed E-state index contributed by atoms with van der Waals surface area (Å²) in [4.78, 5) is 0. The van der Waals surface area contributed by atoms with E-state index in [-0.39, 0.29) is 0 Å². The van der Waals surface area contributed by atoms with E-state index in [1.807, 2.05) is 0 Å². The summed E-state index contributed by atoms with van der Waals surface area (Å²) in [5.74, 6) is 1.55. The average Bonchev–Trinajstić information content (AvgIpc) is 2.49. The lowest BCUT2D eigenvalue weighted by atomic mass is 9.26. The molecule has 4 atom stereocenters. The number of hydrogen-bond acceptors (Lipinski definition) is 0. The minimum atomic E-state index is 0.384. The van der Waals surface area contributed by atoms with Crippen molar-refractivity contribution in [2.75, 3.05) is 0 Å². The molecule has 2 aliphatic carbocycles. The molecule has 20 heavy (non-hydrogen) atoms. The van der Waals surface area contributed by atoms with Crippen molar-refractivity contribution in [1.82, 2.24) is 0 Å². The van der Waals surface area contributed by atoms with Crippen LogP contribution in [0.4, 0.5) is 0 Å². The predicted octanol–water partition coefficient (Wildman–Crippen LogP) is 4.94. The second-order valence-corrected chi connectivity index (χ2v) is 6.75. The van der Waals surface area contributed by atoms with E-state index in [0.29, 0.717) is 10.8 Å². The Morgan fingerprint density at radius 3 is 1.30 bits per heavy atom. The van der Waals surface area contributed by atoms with E-state index >= 15 is 0 Å². The summed E-state index contributed by atoms with van der Waals surface area (Å²) in [6.45, 7) is 4.91. The van der Waals surface area contributed by atoms with Crippen molar-refractivity contribution in [1.29, 1.82) is 0 Å². The standard InChI is InChI=1S/C20H22/c1-15-16(2)20(18-11-7-4-8-12-18)14-13-19(15,20)17-9-5-3-6-10-17/h3-12,15-16H,13-14H2,1-2H3/t15-,16+,19+,20-. The Bertz CT molecular complexity index is 558. The summed E-state index contributed by atoms with van der Waals surface area (Å²) in [7, 11) is 0. The Balaban J connectivity index is 1.88. The smallest absolute Gasteiger partial charge is 0.00812 e. The van der Waals surface area contributed by atoms with Crippen molar-refractivity contribution in [2.45, 2.75) is 37.5 Å². The van der Waals surface area contributed by atoms with E-state index < -0.39 is 0 Å². The van der Waals surface area contributed by atoms with Gasteiger partial charge in [0.25, 0.3) is 0 Å². The topological polar surface area (TPSA) is 0 Å². The van der Waals surface area contributed by atoms with E-state index in [0.717, 1.165) is 11.8 Å². The molecule has 0 aliphatic heterocycles. The molecule has 0 saturated heterocycles. The van der Waals surface area contributed by atoms with Crippen LogP contribution in [0.2, 0.25) is 0 Å². The zero-order valence-corrected chi connectivity index (χ0v) is 12.3. The van der Waals surface area contributed by atoms with Crippen molar-refractivity contribution >= 4 is 0 Å². The second kappa shape index (κ2) is 3.97. The first-order valence-corrected chi connectivity index (χ1v) is 7.84. The first kappa shape index (κ1) is 12.2. The first-order chi connectivity index (χ1) is 9.73. The summed E-state index contributed by atoms with van der Waals surface area (Å²) >= 11 is 0. The first-order valence-electron chi connectivity index (χ1n) is 7.84. The minimum Gasteiger partial charge on any atom is -0.0622 e. The largest absolute Gasteiger partial charge is 0.0622 e. The maximum atomic E-state index is 2.46. The maximum Gasteiger partial charge on any atom is 0.00812 e. The molecule has 0 heterocycles. The fourth-order valence-corrected chi connectivity index (χ4v) is 5.49. The molecule has 0 heteroatoms. The number of benzene rings is 2. The number of fused-ring (bicyclic) bond motifs is 1. The molecule has 0 nitrogen and oxygen atoms in total. The Hall–Kier alpha value is -1.56. The lowest BCUT2D eigenvalue weighted by molar-refractivity contribution is -0.155. The fraction of sp³-hybridized carbons (Fsp3) is 0.400. The highest BCUT2D eigenvalue weighted by atomic mass is 14.8. The second-order valence-electron chi connectivity index (χ2n) is 6.75. The van der Waals surface area contributed by atoms with E-state index in [2.05, 4.69) is 74.5 Å². The van der Waals surface area contributed by atoms with Gasteiger partial charge < -0.3 is 0 Å². The van der Waals surface area contributed by atoms with Gasteiger partial charge in [0.15, 0.2) is 0 Å². The van der Waals surface area contributed by atoms with Crippen molar-refractivity contribution < 1.29 is 0 Å². The summed E-state index contributed by atoms with van der Waals surface area (Å²) in [5, 5.41) is 0. The molecule has 2 aromatic carbocycles. The zero-order chi connectivity index (χ0) is 13.8. The van der Waals surface area contributed by atoms with E-state index in [1.54, 1.807) is 11.1 Å². The summed E-state index contributed by atoms with van der Waals surface area (Å²) in [6.07, 6.45) is 2.69. The van der Waals surface area contributed by atoms with Gasteiger partial charge in [-0.2, -0.15) is 0 Å². The van der Waals surface area contributed by atoms with Gasteiger partial charge in [0.1, 0.15) is 0 Å². The maximum absolute atomic E-state index is 2.46. The zero-order valence-electron chi connectivity index (χ0n) is 12.3. The molecule has 4 rings (SSSR count). The molecule has 0 spiro atoms. The predicted molar refractivity (Wildman–Crippen MR) is 83.8 cm³/mol. The Morgan fingerprint density at radius 1 is 0.650 bits per heavy atom. The average molecular weight is 262 g/mol. The van der Waals surface area contributed by atoms with Gasteiger partial charge in [-0.3, -0.25) is 0 Å². The van der Waals surface area contributed by atoms with Gasteiger partial charge in [-0.15, -0.1) is 0 Å². The van der Waals surface area contributed by atoms with Crippen LogP contribution in [0, 0.1) is 11.8 Å². The summed E-state index contributed by atoms with van der Waals surface area (Å²) in [6, 6.07) is 22.5. The quantitative estimate of drug-likeness (QED) is 0.719. The third-order valence-corrected chi connectivity index (χ3v) is 6.59. The molecule has 2 saturated carbocycles. The fourth-order valence-electron chi connectivity index (χ4n) is 5.49. The highest BCUT2D eigenvalue weighted by Gasteiger charge is 2.74. The number of hydrogen-bond donors (Lipinski definition) is 0. The molecule has 0 aromatic heterocycles. The van der Waals surface area contributed by atoms with Crippen LogP contribution in [0.25, 0.3) is 0 Å². The Labute approximate surface area is 121 Å². The molecule has 0 N–H and O–H groups in total. The number of rotatable bonds is 2. The molecule has 0 radical (unpaired) electrons. The van der Waals surface area contributed by atoms with Crippen LogP contribution in [0.3, 0.4) is 0 Å². The van der Waals surface area contributed by atoms with Crippen LogP contribution in [-0.2, 0) is 10.8 Å². The van der Waals surface area contributed by atoms with Gasteiger partial charge in [0.05, 0.1) is 0 Å². The van der Waals surface area contributed by atoms with Crippen LogP contribution in [0.15, 0.2) is 60.7 Å². The molecular weight excluding hydrogens is 240 g/mol. The highest BCUT2D eigenvalue weighted by Crippen LogP contribution is 2.76. The van der Waals surface area contributed by atoms with E-state index in [1.165, 1.54) is 12.8 Å². The minimum absolute atomic E-state index is 0.384. The third-order valence-electron chi connectivity index (χ3n) is 6.59. The molecular formula is C20H22. The third kappa shape index (κ3) is 1.15. The summed E-state index contributed by atoms with van der Waals surface area (Å²) in [5.41, 5.74) is 3.88. The molecule has 0 amide bonds. The van der Waals surface area contributed by atoms with Gasteiger partial charge >= 0.3 is 0 Å². The Kier molecular flexibility index (Phi) is 2.42. The molecule has 2 aliphatic rings. The van der Waals surface area contributed by atoms with Crippen LogP contribution in [0.1, 0.15) is 37.8 Å². The van der Waals surface area contributed by atoms with Crippen molar-refractivity contribution in [3.05, 3.63) is 71.8 Å². The SMILES string of the molecule is C[C@@H]1[C@H](C)[C@@]2(c3ccccc3)CC[C@@]12c1ccccc1. The van der Waals surface area contributed by atoms with Gasteiger partial charge in [0, 0.05) is 10.8 Å². The van der Waals surface area contributed by atoms with Gasteiger partial charge in [0.2, 0.25) is 0 Å². The van der Waals surface area contributed by atoms with E-state index in [9.17, 15) is 0 Å². The highest BCUT2D eigenvalue weighted by molar-refractivity contribution is 5.50. The van der Waals surface area contributed by atoms with Crippen molar-refractivity contribution in [3.63, 3.8) is 0 Å². The van der Waals surface area contributed by atoms with Crippen LogP contribution >= 0.6 is 0 Å². The van der Waals surface area contributed by atoms with Gasteiger partial charge in [-0.1, -0.05) is 74.5 Å². The van der Waals surface area contributed by atoms with Crippen LogP contribution in [-0.4, -0.2) is 0 Å². The normalized spacial score (nSPS) is 38.5. The van der Waals surface area contributed by atoms with Gasteiger partial charge in [-0.05, 0) is 35.8 Å². The molecule has 102 valence electrons. The lowest BCUT2D eigenvalue weighted by Gasteiger charge is -2.76. The molecule has 2 aromatic rings.